The summed E-state index contributed by atoms with van der Waals surface area (Å²) in [6.07, 6.45) is -6.42. The van der Waals surface area contributed by atoms with Gasteiger partial charge in [0.2, 0.25) is 0 Å². The van der Waals surface area contributed by atoms with Crippen molar-refractivity contribution < 1.29 is 32.5 Å². The fourth-order valence-corrected chi connectivity index (χ4v) is 2.03. The van der Waals surface area contributed by atoms with Gasteiger partial charge in [-0.15, -0.1) is 0 Å². The summed E-state index contributed by atoms with van der Waals surface area (Å²) in [5.74, 6) is -1.59. The predicted molar refractivity (Wildman–Crippen MR) is 73.3 cm³/mol. The van der Waals surface area contributed by atoms with E-state index in [4.69, 9.17) is 0 Å². The highest BCUT2D eigenvalue weighted by Gasteiger charge is 2.70. The van der Waals surface area contributed by atoms with Gasteiger partial charge in [-0.05, 0) is 26.0 Å². The molecule has 0 fully saturated rings. The number of ether oxygens (including phenoxy) is 1. The lowest BCUT2D eigenvalue weighted by Gasteiger charge is -2.22. The molecule has 23 heavy (non-hydrogen) atoms. The first-order valence-electron chi connectivity index (χ1n) is 6.75. The molecule has 1 aromatic rings. The standard InChI is InChI=1S/C14H14F3N3O3/c1-3-23-12(22)20-13(14(15,16)17)11(21)18-10(19-13)9-6-4-8(2)5-7-9/h4-7H,3H2,1-2H3,(H,20,22)(H,18,19,21)/p+1. The Morgan fingerprint density at radius 1 is 1.35 bits per heavy atom. The molecule has 1 atom stereocenters. The van der Waals surface area contributed by atoms with Crippen LogP contribution in [0.25, 0.3) is 0 Å². The zero-order valence-corrected chi connectivity index (χ0v) is 12.4. The molecular weight excluding hydrogens is 315 g/mol. The summed E-state index contributed by atoms with van der Waals surface area (Å²) >= 11 is 0. The van der Waals surface area contributed by atoms with Gasteiger partial charge in [-0.2, -0.15) is 13.2 Å². The van der Waals surface area contributed by atoms with Gasteiger partial charge >= 0.3 is 23.8 Å². The largest absolute Gasteiger partial charge is 0.465 e. The number of carbonyl (C=O) groups is 2. The molecule has 1 heterocycles. The summed E-state index contributed by atoms with van der Waals surface area (Å²) in [5, 5.41) is 3.67. The van der Waals surface area contributed by atoms with E-state index >= 15 is 0 Å². The lowest BCUT2D eigenvalue weighted by atomic mass is 10.1. The zero-order chi connectivity index (χ0) is 17.3. The molecule has 1 aromatic carbocycles. The van der Waals surface area contributed by atoms with Crippen molar-refractivity contribution in [3.05, 3.63) is 35.4 Å². The van der Waals surface area contributed by atoms with Gasteiger partial charge in [0.1, 0.15) is 0 Å². The number of rotatable bonds is 3. The number of hydrogen-bond acceptors (Lipinski definition) is 3. The van der Waals surface area contributed by atoms with Crippen LogP contribution >= 0.6 is 0 Å². The van der Waals surface area contributed by atoms with E-state index in [2.05, 4.69) is 10.1 Å². The van der Waals surface area contributed by atoms with Crippen LogP contribution in [0.1, 0.15) is 18.1 Å². The fourth-order valence-electron chi connectivity index (χ4n) is 2.03. The number of benzene rings is 1. The van der Waals surface area contributed by atoms with Gasteiger partial charge in [0, 0.05) is 0 Å². The SMILES string of the molecule is CCOC(=O)NC1(C(F)(F)F)[NH+]=C(c2ccc(C)cc2)NC1=O. The molecule has 0 spiro atoms. The monoisotopic (exact) mass is 330 g/mol. The summed E-state index contributed by atoms with van der Waals surface area (Å²) < 4.78 is 44.7. The van der Waals surface area contributed by atoms with Crippen LogP contribution in [0.15, 0.2) is 24.3 Å². The molecule has 0 saturated carbocycles. The number of aryl methyl sites for hydroxylation is 1. The van der Waals surface area contributed by atoms with Gasteiger partial charge in [0.05, 0.1) is 12.2 Å². The second-order valence-corrected chi connectivity index (χ2v) is 4.91. The van der Waals surface area contributed by atoms with E-state index in [1.165, 1.54) is 6.92 Å². The number of halogens is 3. The van der Waals surface area contributed by atoms with E-state index in [0.717, 1.165) is 5.56 Å². The molecule has 0 radical (unpaired) electrons. The van der Waals surface area contributed by atoms with Gasteiger partial charge in [0.25, 0.3) is 5.84 Å². The van der Waals surface area contributed by atoms with Crippen molar-refractivity contribution in [2.45, 2.75) is 25.7 Å². The molecule has 0 aliphatic carbocycles. The number of amides is 2. The summed E-state index contributed by atoms with van der Waals surface area (Å²) in [7, 11) is 0. The van der Waals surface area contributed by atoms with Crippen LogP contribution in [-0.2, 0) is 9.53 Å². The third-order valence-corrected chi connectivity index (χ3v) is 3.22. The fraction of sp³-hybridized carbons (Fsp3) is 0.357. The molecule has 124 valence electrons. The lowest BCUT2D eigenvalue weighted by molar-refractivity contribution is -0.581. The van der Waals surface area contributed by atoms with Crippen molar-refractivity contribution in [1.29, 1.82) is 0 Å². The van der Waals surface area contributed by atoms with Crippen molar-refractivity contribution >= 4 is 17.8 Å². The maximum Gasteiger partial charge on any atom is 0.465 e. The molecule has 1 unspecified atom stereocenters. The second kappa shape index (κ2) is 5.90. The average Bonchev–Trinajstić information content (AvgIpc) is 2.78. The van der Waals surface area contributed by atoms with E-state index in [1.807, 2.05) is 11.9 Å². The van der Waals surface area contributed by atoms with Gasteiger partial charge in [-0.25, -0.2) is 19.9 Å². The Morgan fingerprint density at radius 2 is 1.96 bits per heavy atom. The van der Waals surface area contributed by atoms with E-state index in [-0.39, 0.29) is 12.4 Å². The highest BCUT2D eigenvalue weighted by atomic mass is 19.4. The van der Waals surface area contributed by atoms with Crippen molar-refractivity contribution in [3.63, 3.8) is 0 Å². The molecular formula is C14H15F3N3O3+. The van der Waals surface area contributed by atoms with Crippen LogP contribution in [0, 0.1) is 6.92 Å². The molecule has 1 aliphatic rings. The van der Waals surface area contributed by atoms with E-state index < -0.39 is 23.8 Å². The molecule has 0 bridgehead atoms. The smallest absolute Gasteiger partial charge is 0.450 e. The topological polar surface area (TPSA) is 81.4 Å². The van der Waals surface area contributed by atoms with Crippen LogP contribution < -0.4 is 15.6 Å². The molecule has 6 nitrogen and oxygen atoms in total. The van der Waals surface area contributed by atoms with Crippen molar-refractivity contribution in [1.82, 2.24) is 10.6 Å². The minimum atomic E-state index is -5.07. The maximum absolute atomic E-state index is 13.4. The van der Waals surface area contributed by atoms with Crippen LogP contribution in [0.2, 0.25) is 0 Å². The third-order valence-electron chi connectivity index (χ3n) is 3.22. The summed E-state index contributed by atoms with van der Waals surface area (Å²) in [4.78, 5) is 25.4. The number of nitrogens with one attached hydrogen (secondary N) is 3. The molecule has 9 heteroatoms. The van der Waals surface area contributed by atoms with Crippen LogP contribution in [0.3, 0.4) is 0 Å². The Kier molecular flexibility index (Phi) is 4.31. The Morgan fingerprint density at radius 3 is 2.48 bits per heavy atom. The van der Waals surface area contributed by atoms with E-state index in [1.54, 1.807) is 29.6 Å². The van der Waals surface area contributed by atoms with E-state index in [0.29, 0.717) is 5.56 Å². The predicted octanol–water partition coefficient (Wildman–Crippen LogP) is -0.0433. The molecule has 0 saturated heterocycles. The van der Waals surface area contributed by atoms with E-state index in [9.17, 15) is 22.8 Å². The Hall–Kier alpha value is -2.58. The number of hydrogen-bond donors (Lipinski definition) is 3. The zero-order valence-electron chi connectivity index (χ0n) is 12.4. The lowest BCUT2D eigenvalue weighted by Crippen LogP contribution is -2.96. The van der Waals surface area contributed by atoms with Gasteiger partial charge in [0.15, 0.2) is 0 Å². The summed E-state index contributed by atoms with van der Waals surface area (Å²) in [6.45, 7) is 3.12. The number of amidine groups is 1. The first kappa shape index (κ1) is 16.8. The quantitative estimate of drug-likeness (QED) is 0.727. The molecule has 0 aromatic heterocycles. The van der Waals surface area contributed by atoms with Crippen LogP contribution in [-0.4, -0.2) is 36.3 Å². The molecule has 1 aliphatic heterocycles. The first-order valence-corrected chi connectivity index (χ1v) is 6.75. The van der Waals surface area contributed by atoms with Crippen molar-refractivity contribution in [2.24, 2.45) is 0 Å². The minimum absolute atomic E-state index is 0.129. The molecule has 2 rings (SSSR count). The van der Waals surface area contributed by atoms with Gasteiger partial charge < -0.3 is 4.74 Å². The number of alkyl halides is 3. The summed E-state index contributed by atoms with van der Waals surface area (Å²) in [6, 6.07) is 6.47. The Bertz CT molecular complexity index is 655. The minimum Gasteiger partial charge on any atom is -0.450 e. The van der Waals surface area contributed by atoms with Crippen LogP contribution in [0.5, 0.6) is 0 Å². The number of alkyl carbamates (subject to hydrolysis) is 1. The summed E-state index contributed by atoms with van der Waals surface area (Å²) in [5.41, 5.74) is -2.02. The van der Waals surface area contributed by atoms with Gasteiger partial charge in [-0.3, -0.25) is 5.32 Å². The molecule has 2 amide bonds. The first-order chi connectivity index (χ1) is 10.7. The third kappa shape index (κ3) is 3.13. The van der Waals surface area contributed by atoms with Crippen molar-refractivity contribution in [2.75, 3.05) is 6.61 Å². The highest BCUT2D eigenvalue weighted by Crippen LogP contribution is 2.26. The highest BCUT2D eigenvalue weighted by molar-refractivity contribution is 6.10. The van der Waals surface area contributed by atoms with Crippen LogP contribution in [0.4, 0.5) is 18.0 Å². The average molecular weight is 330 g/mol. The van der Waals surface area contributed by atoms with Crippen molar-refractivity contribution in [3.8, 4) is 0 Å². The second-order valence-electron chi connectivity index (χ2n) is 4.91. The normalized spacial score (nSPS) is 20.7. The Balaban J connectivity index is 2.43. The maximum atomic E-state index is 13.4. The van der Waals surface area contributed by atoms with Gasteiger partial charge in [-0.1, -0.05) is 17.7 Å². The number of carbonyl (C=O) groups excluding carboxylic acids is 2. The Labute approximate surface area is 129 Å². The molecule has 3 N–H and O–H groups in total.